The monoisotopic (exact) mass is 193 g/mol. The Hall–Kier alpha value is -1.71. The predicted octanol–water partition coefficient (Wildman–Crippen LogP) is 0.863. The number of benzene rings is 1. The fourth-order valence-corrected chi connectivity index (χ4v) is 1.15. The summed E-state index contributed by atoms with van der Waals surface area (Å²) in [5.74, 6) is -0.374. The van der Waals surface area contributed by atoms with Gasteiger partial charge in [0, 0.05) is 11.4 Å². The summed E-state index contributed by atoms with van der Waals surface area (Å²) in [6.07, 6.45) is 0. The molecule has 4 heteroatoms. The Morgan fingerprint density at radius 2 is 2.14 bits per heavy atom. The van der Waals surface area contributed by atoms with E-state index in [1.807, 2.05) is 19.1 Å². The van der Waals surface area contributed by atoms with E-state index in [1.165, 1.54) is 0 Å². The van der Waals surface area contributed by atoms with Gasteiger partial charge in [0.1, 0.15) is 6.04 Å². The highest BCUT2D eigenvalue weighted by Gasteiger charge is 2.08. The van der Waals surface area contributed by atoms with Crippen molar-refractivity contribution in [2.45, 2.75) is 19.9 Å². The Balaban J connectivity index is 2.82. The number of hydrogen-bond donors (Lipinski definition) is 3. The van der Waals surface area contributed by atoms with Crippen LogP contribution >= 0.6 is 0 Å². The maximum absolute atomic E-state index is 10.8. The molecule has 0 spiro atoms. The van der Waals surface area contributed by atoms with Gasteiger partial charge < -0.3 is 16.8 Å². The second-order valence-corrected chi connectivity index (χ2v) is 3.34. The van der Waals surface area contributed by atoms with Crippen LogP contribution in [0.3, 0.4) is 0 Å². The van der Waals surface area contributed by atoms with E-state index in [-0.39, 0.29) is 11.9 Å². The molecule has 0 fully saturated rings. The quantitative estimate of drug-likeness (QED) is 0.623. The van der Waals surface area contributed by atoms with Gasteiger partial charge in [0.25, 0.3) is 0 Å². The molecule has 0 aliphatic rings. The zero-order valence-corrected chi connectivity index (χ0v) is 8.37. The minimum absolute atomic E-state index is 0.374. The van der Waals surface area contributed by atoms with Crippen LogP contribution in [0.1, 0.15) is 12.5 Å². The van der Waals surface area contributed by atoms with Gasteiger partial charge in [-0.1, -0.05) is 0 Å². The number of aryl methyl sites for hydroxylation is 1. The van der Waals surface area contributed by atoms with Crippen molar-refractivity contribution in [3.8, 4) is 0 Å². The lowest BCUT2D eigenvalue weighted by molar-refractivity contribution is -0.118. The molecule has 0 saturated carbocycles. The molecule has 1 rings (SSSR count). The number of amides is 1. The van der Waals surface area contributed by atoms with Crippen molar-refractivity contribution in [3.05, 3.63) is 23.8 Å². The molecule has 14 heavy (non-hydrogen) atoms. The van der Waals surface area contributed by atoms with Crippen molar-refractivity contribution in [2.75, 3.05) is 11.1 Å². The van der Waals surface area contributed by atoms with Crippen LogP contribution in [0, 0.1) is 6.92 Å². The van der Waals surface area contributed by atoms with E-state index in [1.54, 1.807) is 13.0 Å². The van der Waals surface area contributed by atoms with Crippen molar-refractivity contribution >= 4 is 17.3 Å². The number of anilines is 2. The summed E-state index contributed by atoms with van der Waals surface area (Å²) >= 11 is 0. The first kappa shape index (κ1) is 10.4. The van der Waals surface area contributed by atoms with Crippen molar-refractivity contribution in [1.82, 2.24) is 0 Å². The highest BCUT2D eigenvalue weighted by atomic mass is 16.1. The molecule has 4 nitrogen and oxygen atoms in total. The Morgan fingerprint density at radius 3 is 2.64 bits per heavy atom. The van der Waals surface area contributed by atoms with Gasteiger partial charge in [-0.05, 0) is 37.6 Å². The maximum Gasteiger partial charge on any atom is 0.239 e. The molecule has 1 atom stereocenters. The van der Waals surface area contributed by atoms with E-state index in [2.05, 4.69) is 5.32 Å². The van der Waals surface area contributed by atoms with E-state index >= 15 is 0 Å². The Bertz CT molecular complexity index is 349. The predicted molar refractivity (Wildman–Crippen MR) is 57.9 cm³/mol. The SMILES string of the molecule is Cc1cc(N)ccc1NC(C)C(N)=O. The summed E-state index contributed by atoms with van der Waals surface area (Å²) in [4.78, 5) is 10.8. The van der Waals surface area contributed by atoms with E-state index < -0.39 is 0 Å². The topological polar surface area (TPSA) is 81.1 Å². The Morgan fingerprint density at radius 1 is 1.50 bits per heavy atom. The summed E-state index contributed by atoms with van der Waals surface area (Å²) in [6.45, 7) is 3.64. The van der Waals surface area contributed by atoms with Crippen molar-refractivity contribution in [1.29, 1.82) is 0 Å². The second-order valence-electron chi connectivity index (χ2n) is 3.34. The molecule has 76 valence electrons. The van der Waals surface area contributed by atoms with Crippen LogP contribution in [0.4, 0.5) is 11.4 Å². The molecule has 1 aromatic rings. The van der Waals surface area contributed by atoms with Crippen LogP contribution < -0.4 is 16.8 Å². The standard InChI is InChI=1S/C10H15N3O/c1-6-5-8(11)3-4-9(6)13-7(2)10(12)14/h3-5,7,13H,11H2,1-2H3,(H2,12,14). The lowest BCUT2D eigenvalue weighted by atomic mass is 10.1. The van der Waals surface area contributed by atoms with Crippen LogP contribution in [0.2, 0.25) is 0 Å². The summed E-state index contributed by atoms with van der Waals surface area (Å²) in [6, 6.07) is 5.08. The fourth-order valence-electron chi connectivity index (χ4n) is 1.15. The molecule has 0 bridgehead atoms. The third-order valence-corrected chi connectivity index (χ3v) is 2.05. The van der Waals surface area contributed by atoms with E-state index in [0.717, 1.165) is 11.3 Å². The number of hydrogen-bond acceptors (Lipinski definition) is 3. The van der Waals surface area contributed by atoms with Gasteiger partial charge in [-0.25, -0.2) is 0 Å². The average molecular weight is 193 g/mol. The summed E-state index contributed by atoms with van der Waals surface area (Å²) in [7, 11) is 0. The molecule has 0 aliphatic carbocycles. The van der Waals surface area contributed by atoms with Crippen LogP contribution in [-0.4, -0.2) is 11.9 Å². The van der Waals surface area contributed by atoms with Gasteiger partial charge in [0.05, 0.1) is 0 Å². The van der Waals surface area contributed by atoms with Crippen LogP contribution in [0.15, 0.2) is 18.2 Å². The first-order valence-electron chi connectivity index (χ1n) is 4.42. The maximum atomic E-state index is 10.8. The van der Waals surface area contributed by atoms with E-state index in [9.17, 15) is 4.79 Å². The Labute approximate surface area is 83.3 Å². The van der Waals surface area contributed by atoms with Gasteiger partial charge in [-0.15, -0.1) is 0 Å². The highest BCUT2D eigenvalue weighted by Crippen LogP contribution is 2.18. The first-order chi connectivity index (χ1) is 6.50. The van der Waals surface area contributed by atoms with Gasteiger partial charge in [0.2, 0.25) is 5.91 Å². The molecule has 0 aliphatic heterocycles. The number of nitrogens with two attached hydrogens (primary N) is 2. The van der Waals surface area contributed by atoms with E-state index in [4.69, 9.17) is 11.5 Å². The number of nitrogens with one attached hydrogen (secondary N) is 1. The van der Waals surface area contributed by atoms with Crippen molar-refractivity contribution < 1.29 is 4.79 Å². The fraction of sp³-hybridized carbons (Fsp3) is 0.300. The molecule has 5 N–H and O–H groups in total. The molecular weight excluding hydrogens is 178 g/mol. The highest BCUT2D eigenvalue weighted by molar-refractivity contribution is 5.82. The number of primary amides is 1. The van der Waals surface area contributed by atoms with Crippen molar-refractivity contribution in [2.24, 2.45) is 5.73 Å². The molecule has 1 aromatic carbocycles. The molecule has 0 radical (unpaired) electrons. The third-order valence-electron chi connectivity index (χ3n) is 2.05. The van der Waals surface area contributed by atoms with Gasteiger partial charge >= 0.3 is 0 Å². The second kappa shape index (κ2) is 4.00. The lowest BCUT2D eigenvalue weighted by Crippen LogP contribution is -2.32. The Kier molecular flexibility index (Phi) is 2.96. The van der Waals surface area contributed by atoms with Gasteiger partial charge in [-0.3, -0.25) is 4.79 Å². The zero-order chi connectivity index (χ0) is 10.7. The largest absolute Gasteiger partial charge is 0.399 e. The van der Waals surface area contributed by atoms with Crippen LogP contribution in [0.5, 0.6) is 0 Å². The minimum atomic E-state index is -0.377. The van der Waals surface area contributed by atoms with Gasteiger partial charge in [0.15, 0.2) is 0 Å². The third kappa shape index (κ3) is 2.39. The molecular formula is C10H15N3O. The van der Waals surface area contributed by atoms with Crippen LogP contribution in [0.25, 0.3) is 0 Å². The first-order valence-corrected chi connectivity index (χ1v) is 4.42. The lowest BCUT2D eigenvalue weighted by Gasteiger charge is -2.14. The number of carbonyl (C=O) groups is 1. The molecule has 1 unspecified atom stereocenters. The number of carbonyl (C=O) groups excluding carboxylic acids is 1. The molecule has 0 aromatic heterocycles. The number of nitrogen functional groups attached to an aromatic ring is 1. The zero-order valence-electron chi connectivity index (χ0n) is 8.37. The van der Waals surface area contributed by atoms with Gasteiger partial charge in [-0.2, -0.15) is 0 Å². The molecule has 0 heterocycles. The minimum Gasteiger partial charge on any atom is -0.399 e. The van der Waals surface area contributed by atoms with Crippen LogP contribution in [-0.2, 0) is 4.79 Å². The average Bonchev–Trinajstić information content (AvgIpc) is 2.09. The smallest absolute Gasteiger partial charge is 0.239 e. The number of rotatable bonds is 3. The normalized spacial score (nSPS) is 12.1. The summed E-state index contributed by atoms with van der Waals surface area (Å²) < 4.78 is 0. The molecule has 1 amide bonds. The van der Waals surface area contributed by atoms with E-state index in [0.29, 0.717) is 5.69 Å². The summed E-state index contributed by atoms with van der Waals surface area (Å²) in [5.41, 5.74) is 13.3. The summed E-state index contributed by atoms with van der Waals surface area (Å²) in [5, 5.41) is 3.01. The molecule has 0 saturated heterocycles. The van der Waals surface area contributed by atoms with Crippen molar-refractivity contribution in [3.63, 3.8) is 0 Å².